The molecule has 0 radical (unpaired) electrons. The first-order valence-corrected chi connectivity index (χ1v) is 10.9. The number of nitrogens with zero attached hydrogens (tertiary/aromatic N) is 3. The number of hydrogen-bond donors (Lipinski definition) is 0. The van der Waals surface area contributed by atoms with E-state index < -0.39 is 22.4 Å². The van der Waals surface area contributed by atoms with Gasteiger partial charge in [-0.25, -0.2) is 13.2 Å². The standard InChI is InChI=1S/C19H23N3O5S/c1-13(2)10-22(15-5-8-28(25,26)12-15)18(23)11-27-19(24)14-3-4-16-17(9-14)21-7-6-20-16/h3-4,6-7,9,13,15H,5,8,10-12H2,1-2H3/t15-/m0/s1. The zero-order chi connectivity index (χ0) is 20.3. The molecule has 1 atom stereocenters. The summed E-state index contributed by atoms with van der Waals surface area (Å²) in [5, 5.41) is 0. The minimum absolute atomic E-state index is 0.0389. The number of carbonyl (C=O) groups excluding carboxylic acids is 2. The number of carbonyl (C=O) groups is 2. The Balaban J connectivity index is 1.66. The van der Waals surface area contributed by atoms with Gasteiger partial charge in [0.1, 0.15) is 0 Å². The van der Waals surface area contributed by atoms with Crippen molar-refractivity contribution in [3.63, 3.8) is 0 Å². The average molecular weight is 405 g/mol. The maximum absolute atomic E-state index is 12.7. The van der Waals surface area contributed by atoms with Crippen LogP contribution in [-0.4, -0.2) is 65.9 Å². The number of aromatic nitrogens is 2. The summed E-state index contributed by atoms with van der Waals surface area (Å²) in [5.74, 6) is -0.809. The van der Waals surface area contributed by atoms with Crippen LogP contribution in [0.5, 0.6) is 0 Å². The molecule has 1 saturated heterocycles. The first-order chi connectivity index (χ1) is 13.2. The predicted octanol–water partition coefficient (Wildman–Crippen LogP) is 1.46. The highest BCUT2D eigenvalue weighted by atomic mass is 32.2. The summed E-state index contributed by atoms with van der Waals surface area (Å²) in [6.07, 6.45) is 3.50. The van der Waals surface area contributed by atoms with E-state index in [1.165, 1.54) is 11.1 Å². The van der Waals surface area contributed by atoms with Gasteiger partial charge in [-0.15, -0.1) is 0 Å². The lowest BCUT2D eigenvalue weighted by atomic mass is 10.1. The van der Waals surface area contributed by atoms with E-state index in [1.54, 1.807) is 24.4 Å². The fourth-order valence-corrected chi connectivity index (χ4v) is 4.98. The largest absolute Gasteiger partial charge is 0.452 e. The SMILES string of the molecule is CC(C)CN(C(=O)COC(=O)c1ccc2nccnc2c1)[C@H]1CCS(=O)(=O)C1. The molecule has 1 aromatic heterocycles. The topological polar surface area (TPSA) is 107 Å². The lowest BCUT2D eigenvalue weighted by Crippen LogP contribution is -2.45. The van der Waals surface area contributed by atoms with Gasteiger partial charge in [0.15, 0.2) is 16.4 Å². The number of fused-ring (bicyclic) bond motifs is 1. The van der Waals surface area contributed by atoms with Gasteiger partial charge in [0, 0.05) is 25.0 Å². The average Bonchev–Trinajstić information content (AvgIpc) is 3.02. The Labute approximate surface area is 163 Å². The molecule has 0 spiro atoms. The first kappa shape index (κ1) is 20.2. The molecule has 1 fully saturated rings. The van der Waals surface area contributed by atoms with E-state index in [0.29, 0.717) is 24.0 Å². The van der Waals surface area contributed by atoms with Crippen molar-refractivity contribution in [3.8, 4) is 0 Å². The number of hydrogen-bond acceptors (Lipinski definition) is 7. The van der Waals surface area contributed by atoms with Gasteiger partial charge in [-0.3, -0.25) is 14.8 Å². The number of sulfone groups is 1. The molecule has 0 aliphatic carbocycles. The van der Waals surface area contributed by atoms with Crippen molar-refractivity contribution in [2.24, 2.45) is 5.92 Å². The maximum Gasteiger partial charge on any atom is 0.338 e. The molecule has 2 aromatic rings. The molecular formula is C19H23N3O5S. The molecule has 1 aliphatic heterocycles. The number of rotatable bonds is 6. The van der Waals surface area contributed by atoms with E-state index in [2.05, 4.69) is 9.97 Å². The molecule has 28 heavy (non-hydrogen) atoms. The summed E-state index contributed by atoms with van der Waals surface area (Å²) in [5.41, 5.74) is 1.49. The van der Waals surface area contributed by atoms with Crippen LogP contribution in [0.25, 0.3) is 11.0 Å². The zero-order valence-corrected chi connectivity index (χ0v) is 16.7. The van der Waals surface area contributed by atoms with E-state index in [-0.39, 0.29) is 34.9 Å². The van der Waals surface area contributed by atoms with Crippen LogP contribution in [0.3, 0.4) is 0 Å². The van der Waals surface area contributed by atoms with Crippen molar-refractivity contribution in [2.75, 3.05) is 24.7 Å². The van der Waals surface area contributed by atoms with Crippen molar-refractivity contribution in [2.45, 2.75) is 26.3 Å². The molecule has 1 aromatic carbocycles. The van der Waals surface area contributed by atoms with Crippen molar-refractivity contribution in [1.82, 2.24) is 14.9 Å². The summed E-state index contributed by atoms with van der Waals surface area (Å²) < 4.78 is 28.7. The molecule has 150 valence electrons. The lowest BCUT2D eigenvalue weighted by molar-refractivity contribution is -0.137. The Morgan fingerprint density at radius 1 is 1.21 bits per heavy atom. The second kappa shape index (κ2) is 8.22. The molecule has 3 rings (SSSR count). The summed E-state index contributed by atoms with van der Waals surface area (Å²) >= 11 is 0. The maximum atomic E-state index is 12.7. The van der Waals surface area contributed by atoms with Crippen molar-refractivity contribution in [1.29, 1.82) is 0 Å². The third-order valence-electron chi connectivity index (χ3n) is 4.56. The number of benzene rings is 1. The molecule has 1 aliphatic rings. The first-order valence-electron chi connectivity index (χ1n) is 9.13. The van der Waals surface area contributed by atoms with E-state index in [1.807, 2.05) is 13.8 Å². The minimum atomic E-state index is -3.12. The monoisotopic (exact) mass is 405 g/mol. The van der Waals surface area contributed by atoms with E-state index in [4.69, 9.17) is 4.74 Å². The smallest absolute Gasteiger partial charge is 0.338 e. The van der Waals surface area contributed by atoms with E-state index in [0.717, 1.165) is 0 Å². The quantitative estimate of drug-likeness (QED) is 0.670. The molecule has 8 nitrogen and oxygen atoms in total. The van der Waals surface area contributed by atoms with Crippen LogP contribution >= 0.6 is 0 Å². The van der Waals surface area contributed by atoms with Gasteiger partial charge >= 0.3 is 5.97 Å². The Morgan fingerprint density at radius 2 is 1.93 bits per heavy atom. The highest BCUT2D eigenvalue weighted by molar-refractivity contribution is 7.91. The molecule has 0 saturated carbocycles. The molecule has 0 unspecified atom stereocenters. The van der Waals surface area contributed by atoms with Gasteiger partial charge in [-0.2, -0.15) is 0 Å². The molecule has 0 N–H and O–H groups in total. The third kappa shape index (κ3) is 4.83. The normalized spacial score (nSPS) is 18.3. The molecule has 0 bridgehead atoms. The summed E-state index contributed by atoms with van der Waals surface area (Å²) in [4.78, 5) is 34.8. The van der Waals surface area contributed by atoms with E-state index in [9.17, 15) is 18.0 Å². The van der Waals surface area contributed by atoms with Crippen LogP contribution in [0.4, 0.5) is 0 Å². The number of esters is 1. The summed E-state index contributed by atoms with van der Waals surface area (Å²) in [6.45, 7) is 3.89. The Kier molecular flexibility index (Phi) is 5.93. The highest BCUT2D eigenvalue weighted by Gasteiger charge is 2.35. The zero-order valence-electron chi connectivity index (χ0n) is 15.9. The molecule has 1 amide bonds. The lowest BCUT2D eigenvalue weighted by Gasteiger charge is -2.29. The summed E-state index contributed by atoms with van der Waals surface area (Å²) in [7, 11) is -3.12. The Morgan fingerprint density at radius 3 is 2.57 bits per heavy atom. The molecule has 9 heteroatoms. The van der Waals surface area contributed by atoms with Gasteiger partial charge in [-0.05, 0) is 30.5 Å². The second-order valence-corrected chi connectivity index (χ2v) is 9.56. The molecular weight excluding hydrogens is 382 g/mol. The van der Waals surface area contributed by atoms with Crippen LogP contribution in [0.1, 0.15) is 30.6 Å². The number of amides is 1. The van der Waals surface area contributed by atoms with Gasteiger partial charge < -0.3 is 9.64 Å². The van der Waals surface area contributed by atoms with E-state index >= 15 is 0 Å². The fourth-order valence-electron chi connectivity index (χ4n) is 3.25. The van der Waals surface area contributed by atoms with Crippen LogP contribution < -0.4 is 0 Å². The highest BCUT2D eigenvalue weighted by Crippen LogP contribution is 2.19. The van der Waals surface area contributed by atoms with Crippen LogP contribution in [0.2, 0.25) is 0 Å². The second-order valence-electron chi connectivity index (χ2n) is 7.33. The van der Waals surface area contributed by atoms with Gasteiger partial charge in [0.2, 0.25) is 0 Å². The Bertz CT molecular complexity index is 990. The predicted molar refractivity (Wildman–Crippen MR) is 103 cm³/mol. The van der Waals surface area contributed by atoms with Gasteiger partial charge in [0.25, 0.3) is 5.91 Å². The summed E-state index contributed by atoms with van der Waals surface area (Å²) in [6, 6.07) is 4.42. The van der Waals surface area contributed by atoms with Gasteiger partial charge in [0.05, 0.1) is 28.1 Å². The van der Waals surface area contributed by atoms with Crippen molar-refractivity contribution >= 4 is 32.7 Å². The van der Waals surface area contributed by atoms with Gasteiger partial charge in [-0.1, -0.05) is 13.8 Å². The number of ether oxygens (including phenoxy) is 1. The van der Waals surface area contributed by atoms with Crippen LogP contribution in [-0.2, 0) is 19.4 Å². The third-order valence-corrected chi connectivity index (χ3v) is 6.31. The van der Waals surface area contributed by atoms with Crippen LogP contribution in [0, 0.1) is 5.92 Å². The Hall–Kier alpha value is -2.55. The van der Waals surface area contributed by atoms with Crippen LogP contribution in [0.15, 0.2) is 30.6 Å². The van der Waals surface area contributed by atoms with Crippen molar-refractivity contribution in [3.05, 3.63) is 36.2 Å². The molecule has 2 heterocycles. The van der Waals surface area contributed by atoms with Crippen molar-refractivity contribution < 1.29 is 22.7 Å². The fraction of sp³-hybridized carbons (Fsp3) is 0.474. The minimum Gasteiger partial charge on any atom is -0.452 e.